The second-order valence-electron chi connectivity index (χ2n) is 5.50. The van der Waals surface area contributed by atoms with Crippen molar-refractivity contribution in [1.29, 1.82) is 0 Å². The maximum Gasteiger partial charge on any atom is 0.191 e. The summed E-state index contributed by atoms with van der Waals surface area (Å²) in [7, 11) is 1.81. The summed E-state index contributed by atoms with van der Waals surface area (Å²) >= 11 is 1.75. The highest BCUT2D eigenvalue weighted by Gasteiger charge is 2.10. The molecule has 1 saturated heterocycles. The van der Waals surface area contributed by atoms with Crippen LogP contribution in [0.15, 0.2) is 4.99 Å². The maximum atomic E-state index is 4.53. The minimum Gasteiger partial charge on any atom is -0.356 e. The van der Waals surface area contributed by atoms with Gasteiger partial charge in [0.1, 0.15) is 5.01 Å². The highest BCUT2D eigenvalue weighted by molar-refractivity contribution is 7.11. The molecule has 1 aliphatic rings. The molecular weight excluding hydrogens is 282 g/mol. The quantitative estimate of drug-likeness (QED) is 0.479. The molecule has 5 nitrogen and oxygen atoms in total. The average Bonchev–Trinajstić information content (AvgIpc) is 3.09. The van der Waals surface area contributed by atoms with E-state index in [1.54, 1.807) is 11.3 Å². The van der Waals surface area contributed by atoms with E-state index in [2.05, 4.69) is 39.4 Å². The summed E-state index contributed by atoms with van der Waals surface area (Å²) in [4.78, 5) is 12.6. The number of aromatic nitrogens is 1. The van der Waals surface area contributed by atoms with Crippen LogP contribution in [0, 0.1) is 13.8 Å². The van der Waals surface area contributed by atoms with E-state index in [0.717, 1.165) is 36.2 Å². The molecule has 1 aliphatic heterocycles. The Labute approximate surface area is 131 Å². The molecule has 0 radical (unpaired) electrons. The van der Waals surface area contributed by atoms with Gasteiger partial charge in [-0.05, 0) is 52.7 Å². The van der Waals surface area contributed by atoms with Gasteiger partial charge < -0.3 is 15.5 Å². The van der Waals surface area contributed by atoms with Gasteiger partial charge in [-0.2, -0.15) is 0 Å². The zero-order chi connectivity index (χ0) is 15.1. The van der Waals surface area contributed by atoms with Gasteiger partial charge in [-0.1, -0.05) is 0 Å². The molecule has 0 aromatic carbocycles. The zero-order valence-electron chi connectivity index (χ0n) is 13.4. The molecule has 0 bridgehead atoms. The third kappa shape index (κ3) is 5.28. The average molecular weight is 309 g/mol. The first-order chi connectivity index (χ1) is 10.2. The summed E-state index contributed by atoms with van der Waals surface area (Å²) in [5, 5.41) is 7.82. The summed E-state index contributed by atoms with van der Waals surface area (Å²) in [5.41, 5.74) is 1.13. The van der Waals surface area contributed by atoms with Gasteiger partial charge in [0.25, 0.3) is 0 Å². The predicted octanol–water partition coefficient (Wildman–Crippen LogP) is 1.91. The van der Waals surface area contributed by atoms with Crippen molar-refractivity contribution in [2.45, 2.75) is 39.7 Å². The third-order valence-electron chi connectivity index (χ3n) is 3.85. The molecule has 0 unspecified atom stereocenters. The normalized spacial score (nSPS) is 16.4. The Kier molecular flexibility index (Phi) is 6.45. The maximum absolute atomic E-state index is 4.53. The summed E-state index contributed by atoms with van der Waals surface area (Å²) in [6, 6.07) is 0. The van der Waals surface area contributed by atoms with Crippen LogP contribution in [-0.4, -0.2) is 49.1 Å². The lowest BCUT2D eigenvalue weighted by Gasteiger charge is -2.15. The van der Waals surface area contributed by atoms with Crippen LogP contribution >= 0.6 is 11.3 Å². The van der Waals surface area contributed by atoms with E-state index in [9.17, 15) is 0 Å². The van der Waals surface area contributed by atoms with Gasteiger partial charge in [0.2, 0.25) is 0 Å². The summed E-state index contributed by atoms with van der Waals surface area (Å²) in [5.74, 6) is 0.863. The zero-order valence-corrected chi connectivity index (χ0v) is 14.2. The topological polar surface area (TPSA) is 52.6 Å². The SMILES string of the molecule is CN=C(NCCCN1CCCC1)NCc1nc(C)c(C)s1. The lowest BCUT2D eigenvalue weighted by atomic mass is 10.4. The van der Waals surface area contributed by atoms with Gasteiger partial charge in [-0.3, -0.25) is 4.99 Å². The molecule has 1 fully saturated rings. The van der Waals surface area contributed by atoms with E-state index >= 15 is 0 Å². The van der Waals surface area contributed by atoms with Crippen LogP contribution in [0.5, 0.6) is 0 Å². The highest BCUT2D eigenvalue weighted by atomic mass is 32.1. The van der Waals surface area contributed by atoms with Crippen LogP contribution in [-0.2, 0) is 6.54 Å². The number of hydrogen-bond donors (Lipinski definition) is 2. The molecule has 6 heteroatoms. The number of rotatable bonds is 6. The molecule has 0 aliphatic carbocycles. The van der Waals surface area contributed by atoms with Gasteiger partial charge >= 0.3 is 0 Å². The Morgan fingerprint density at radius 3 is 2.67 bits per heavy atom. The van der Waals surface area contributed by atoms with Crippen LogP contribution in [0.3, 0.4) is 0 Å². The molecule has 0 spiro atoms. The van der Waals surface area contributed by atoms with Gasteiger partial charge in [-0.25, -0.2) is 4.98 Å². The number of likely N-dealkylation sites (tertiary alicyclic amines) is 1. The smallest absolute Gasteiger partial charge is 0.191 e. The Bertz CT molecular complexity index is 443. The molecule has 118 valence electrons. The van der Waals surface area contributed by atoms with Gasteiger partial charge in [0, 0.05) is 18.5 Å². The largest absolute Gasteiger partial charge is 0.356 e. The van der Waals surface area contributed by atoms with Crippen LogP contribution in [0.4, 0.5) is 0 Å². The second kappa shape index (κ2) is 8.34. The number of guanidine groups is 1. The van der Waals surface area contributed by atoms with Gasteiger partial charge in [0.05, 0.1) is 12.2 Å². The monoisotopic (exact) mass is 309 g/mol. The Morgan fingerprint density at radius 1 is 1.29 bits per heavy atom. The van der Waals surface area contributed by atoms with E-state index < -0.39 is 0 Å². The molecule has 1 aromatic rings. The molecule has 2 N–H and O–H groups in total. The van der Waals surface area contributed by atoms with E-state index in [-0.39, 0.29) is 0 Å². The highest BCUT2D eigenvalue weighted by Crippen LogP contribution is 2.15. The third-order valence-corrected chi connectivity index (χ3v) is 4.92. The van der Waals surface area contributed by atoms with Crippen LogP contribution in [0.2, 0.25) is 0 Å². The predicted molar refractivity (Wildman–Crippen MR) is 90.1 cm³/mol. The number of aryl methyl sites for hydroxylation is 2. The summed E-state index contributed by atoms with van der Waals surface area (Å²) in [6.07, 6.45) is 3.89. The lowest BCUT2D eigenvalue weighted by molar-refractivity contribution is 0.334. The Hall–Kier alpha value is -1.14. The lowest BCUT2D eigenvalue weighted by Crippen LogP contribution is -2.38. The molecule has 2 rings (SSSR count). The fourth-order valence-corrected chi connectivity index (χ4v) is 3.38. The number of hydrogen-bond acceptors (Lipinski definition) is 4. The van der Waals surface area contributed by atoms with Crippen molar-refractivity contribution in [2.24, 2.45) is 4.99 Å². The van der Waals surface area contributed by atoms with Gasteiger partial charge in [0.15, 0.2) is 5.96 Å². The minimum absolute atomic E-state index is 0.741. The van der Waals surface area contributed by atoms with Crippen molar-refractivity contribution in [3.63, 3.8) is 0 Å². The molecule has 21 heavy (non-hydrogen) atoms. The molecule has 1 aromatic heterocycles. The fourth-order valence-electron chi connectivity index (χ4n) is 2.51. The first-order valence-electron chi connectivity index (χ1n) is 7.79. The number of nitrogens with one attached hydrogen (secondary N) is 2. The van der Waals surface area contributed by atoms with E-state index in [1.165, 1.54) is 37.4 Å². The molecule has 0 amide bonds. The van der Waals surface area contributed by atoms with Crippen molar-refractivity contribution in [3.8, 4) is 0 Å². The molecule has 2 heterocycles. The standard InChI is InChI=1S/C15H27N5S/c1-12-13(2)21-14(19-12)11-18-15(16-3)17-7-6-10-20-8-4-5-9-20/h4-11H2,1-3H3,(H2,16,17,18). The number of nitrogens with zero attached hydrogens (tertiary/aromatic N) is 3. The van der Waals surface area contributed by atoms with Gasteiger partial charge in [-0.15, -0.1) is 11.3 Å². The van der Waals surface area contributed by atoms with Crippen LogP contribution in [0.25, 0.3) is 0 Å². The summed E-state index contributed by atoms with van der Waals surface area (Å²) < 4.78 is 0. The first-order valence-corrected chi connectivity index (χ1v) is 8.60. The molecular formula is C15H27N5S. The molecule has 0 atom stereocenters. The fraction of sp³-hybridized carbons (Fsp3) is 0.733. The van der Waals surface area contributed by atoms with Crippen LogP contribution < -0.4 is 10.6 Å². The van der Waals surface area contributed by atoms with Crippen molar-refractivity contribution >= 4 is 17.3 Å². The Morgan fingerprint density at radius 2 is 2.05 bits per heavy atom. The minimum atomic E-state index is 0.741. The van der Waals surface area contributed by atoms with E-state index in [4.69, 9.17) is 0 Å². The molecule has 0 saturated carbocycles. The van der Waals surface area contributed by atoms with Crippen molar-refractivity contribution in [1.82, 2.24) is 20.5 Å². The van der Waals surface area contributed by atoms with Crippen molar-refractivity contribution in [3.05, 3.63) is 15.6 Å². The Balaban J connectivity index is 1.63. The van der Waals surface area contributed by atoms with Crippen LogP contribution in [0.1, 0.15) is 34.8 Å². The first kappa shape index (κ1) is 16.2. The van der Waals surface area contributed by atoms with E-state index in [0.29, 0.717) is 0 Å². The summed E-state index contributed by atoms with van der Waals surface area (Å²) in [6.45, 7) is 9.61. The van der Waals surface area contributed by atoms with Crippen molar-refractivity contribution < 1.29 is 0 Å². The van der Waals surface area contributed by atoms with E-state index in [1.807, 2.05) is 7.05 Å². The second-order valence-corrected chi connectivity index (χ2v) is 6.79. The number of aliphatic imine (C=N–C) groups is 1. The number of thiazole rings is 1. The van der Waals surface area contributed by atoms with Crippen molar-refractivity contribution in [2.75, 3.05) is 33.2 Å².